The van der Waals surface area contributed by atoms with E-state index in [2.05, 4.69) is 0 Å². The average molecular weight is 226 g/mol. The first kappa shape index (κ1) is 12.2. The van der Waals surface area contributed by atoms with Crippen LogP contribution in [-0.2, 0) is 0 Å². The minimum Gasteiger partial charge on any atom is -0.396 e. The standard InChI is InChI=1S/C8H15NO4.ClH/c10-3-4-5(11)1-9-2-6(12)8(13)7(4)9;/h4-8,10-13H,1-3H2;1H/t4-,5+,6+,7-,8+;/m0./s1. The third-order valence-corrected chi connectivity index (χ3v) is 3.15. The molecule has 0 spiro atoms. The predicted octanol–water partition coefficient (Wildman–Crippen LogP) is -2.20. The highest BCUT2D eigenvalue weighted by Crippen LogP contribution is 2.33. The van der Waals surface area contributed by atoms with Crippen molar-refractivity contribution in [1.29, 1.82) is 0 Å². The van der Waals surface area contributed by atoms with Crippen LogP contribution < -0.4 is 0 Å². The van der Waals surface area contributed by atoms with Crippen molar-refractivity contribution in [3.8, 4) is 0 Å². The topological polar surface area (TPSA) is 84.2 Å². The molecule has 0 aromatic carbocycles. The Hall–Kier alpha value is 0.0900. The van der Waals surface area contributed by atoms with Crippen molar-refractivity contribution in [1.82, 2.24) is 4.90 Å². The van der Waals surface area contributed by atoms with Crippen molar-refractivity contribution >= 4 is 12.4 Å². The molecule has 2 saturated heterocycles. The lowest BCUT2D eigenvalue weighted by atomic mass is 9.94. The third kappa shape index (κ3) is 1.64. The quantitative estimate of drug-likeness (QED) is 0.407. The van der Waals surface area contributed by atoms with Gasteiger partial charge in [0.15, 0.2) is 0 Å². The number of aliphatic hydroxyl groups is 4. The normalized spacial score (nSPS) is 47.6. The first-order chi connectivity index (χ1) is 6.15. The molecule has 2 aliphatic rings. The van der Waals surface area contributed by atoms with Crippen LogP contribution in [0.5, 0.6) is 0 Å². The van der Waals surface area contributed by atoms with E-state index in [-0.39, 0.29) is 31.0 Å². The maximum absolute atomic E-state index is 9.57. The zero-order valence-electron chi connectivity index (χ0n) is 7.65. The van der Waals surface area contributed by atoms with Crippen LogP contribution in [0.15, 0.2) is 0 Å². The van der Waals surface area contributed by atoms with Crippen molar-refractivity contribution in [2.24, 2.45) is 5.92 Å². The second-order valence-corrected chi connectivity index (χ2v) is 3.92. The van der Waals surface area contributed by atoms with E-state index in [1.54, 1.807) is 0 Å². The lowest BCUT2D eigenvalue weighted by Crippen LogP contribution is -2.39. The Morgan fingerprint density at radius 2 is 1.64 bits per heavy atom. The molecule has 0 bridgehead atoms. The van der Waals surface area contributed by atoms with Crippen molar-refractivity contribution in [2.75, 3.05) is 19.7 Å². The van der Waals surface area contributed by atoms with E-state index in [0.717, 1.165) is 0 Å². The summed E-state index contributed by atoms with van der Waals surface area (Å²) in [5, 5.41) is 37.4. The summed E-state index contributed by atoms with van der Waals surface area (Å²) < 4.78 is 0. The van der Waals surface area contributed by atoms with Gasteiger partial charge in [0.05, 0.1) is 24.9 Å². The number of halogens is 1. The summed E-state index contributed by atoms with van der Waals surface area (Å²) >= 11 is 0. The lowest BCUT2D eigenvalue weighted by Gasteiger charge is -2.22. The highest BCUT2D eigenvalue weighted by Gasteiger charge is 2.51. The Morgan fingerprint density at radius 1 is 1.07 bits per heavy atom. The molecular weight excluding hydrogens is 210 g/mol. The number of hydrogen-bond acceptors (Lipinski definition) is 5. The number of aliphatic hydroxyl groups excluding tert-OH is 4. The number of rotatable bonds is 1. The molecule has 2 aliphatic heterocycles. The molecule has 0 aliphatic carbocycles. The van der Waals surface area contributed by atoms with Gasteiger partial charge in [-0.25, -0.2) is 0 Å². The maximum Gasteiger partial charge on any atom is 0.0971 e. The van der Waals surface area contributed by atoms with Gasteiger partial charge in [-0.3, -0.25) is 4.90 Å². The summed E-state index contributed by atoms with van der Waals surface area (Å²) in [6.07, 6.45) is -2.17. The van der Waals surface area contributed by atoms with Gasteiger partial charge in [0, 0.05) is 25.0 Å². The summed E-state index contributed by atoms with van der Waals surface area (Å²) in [7, 11) is 0. The first-order valence-corrected chi connectivity index (χ1v) is 4.54. The molecule has 4 N–H and O–H groups in total. The van der Waals surface area contributed by atoms with Gasteiger partial charge in [-0.05, 0) is 0 Å². The largest absolute Gasteiger partial charge is 0.396 e. The van der Waals surface area contributed by atoms with Crippen molar-refractivity contribution in [2.45, 2.75) is 24.4 Å². The van der Waals surface area contributed by atoms with Gasteiger partial charge in [0.25, 0.3) is 0 Å². The van der Waals surface area contributed by atoms with Crippen LogP contribution in [0.25, 0.3) is 0 Å². The molecule has 2 heterocycles. The fourth-order valence-electron chi connectivity index (χ4n) is 2.47. The molecule has 5 atom stereocenters. The van der Waals surface area contributed by atoms with Gasteiger partial charge in [0.1, 0.15) is 0 Å². The van der Waals surface area contributed by atoms with E-state index >= 15 is 0 Å². The van der Waals surface area contributed by atoms with E-state index < -0.39 is 18.3 Å². The van der Waals surface area contributed by atoms with Gasteiger partial charge in [-0.2, -0.15) is 0 Å². The fraction of sp³-hybridized carbons (Fsp3) is 1.00. The van der Waals surface area contributed by atoms with E-state index in [1.807, 2.05) is 4.90 Å². The molecule has 0 aromatic heterocycles. The number of hydrogen-bond donors (Lipinski definition) is 4. The Labute approximate surface area is 88.4 Å². The maximum atomic E-state index is 9.57. The Balaban J connectivity index is 0.000000980. The van der Waals surface area contributed by atoms with Crippen LogP contribution in [0, 0.1) is 5.92 Å². The third-order valence-electron chi connectivity index (χ3n) is 3.15. The SMILES string of the molecule is Cl.OC[C@@H]1[C@H]2[C@H](O)[C@H](O)CN2C[C@H]1O. The highest BCUT2D eigenvalue weighted by molar-refractivity contribution is 5.85. The molecule has 2 rings (SSSR count). The number of fused-ring (bicyclic) bond motifs is 1. The van der Waals surface area contributed by atoms with E-state index in [1.165, 1.54) is 0 Å². The molecule has 14 heavy (non-hydrogen) atoms. The van der Waals surface area contributed by atoms with Crippen molar-refractivity contribution in [3.63, 3.8) is 0 Å². The molecule has 0 radical (unpaired) electrons. The van der Waals surface area contributed by atoms with Crippen LogP contribution in [0.3, 0.4) is 0 Å². The first-order valence-electron chi connectivity index (χ1n) is 4.54. The highest BCUT2D eigenvalue weighted by atomic mass is 35.5. The van der Waals surface area contributed by atoms with Gasteiger partial charge < -0.3 is 20.4 Å². The molecular formula is C8H16ClNO4. The Kier molecular flexibility index (Phi) is 3.74. The molecule has 0 aromatic rings. The molecule has 0 unspecified atom stereocenters. The van der Waals surface area contributed by atoms with Crippen molar-refractivity contribution < 1.29 is 20.4 Å². The van der Waals surface area contributed by atoms with Crippen LogP contribution in [0.4, 0.5) is 0 Å². The van der Waals surface area contributed by atoms with Gasteiger partial charge in [-0.1, -0.05) is 0 Å². The van der Waals surface area contributed by atoms with Crippen LogP contribution in [-0.4, -0.2) is 69.4 Å². The number of nitrogens with zero attached hydrogens (tertiary/aromatic N) is 1. The molecule has 5 nitrogen and oxygen atoms in total. The molecule has 0 saturated carbocycles. The van der Waals surface area contributed by atoms with E-state index in [9.17, 15) is 15.3 Å². The van der Waals surface area contributed by atoms with Gasteiger partial charge >= 0.3 is 0 Å². The predicted molar refractivity (Wildman–Crippen MR) is 51.2 cm³/mol. The van der Waals surface area contributed by atoms with Crippen LogP contribution in [0.1, 0.15) is 0 Å². The second kappa shape index (κ2) is 4.30. The monoisotopic (exact) mass is 225 g/mol. The Morgan fingerprint density at radius 3 is 2.21 bits per heavy atom. The molecule has 2 fully saturated rings. The van der Waals surface area contributed by atoms with Crippen LogP contribution in [0.2, 0.25) is 0 Å². The van der Waals surface area contributed by atoms with Gasteiger partial charge in [0.2, 0.25) is 0 Å². The smallest absolute Gasteiger partial charge is 0.0971 e. The Bertz CT molecular complexity index is 206. The van der Waals surface area contributed by atoms with Crippen LogP contribution >= 0.6 is 12.4 Å². The zero-order chi connectivity index (χ0) is 9.59. The van der Waals surface area contributed by atoms with Crippen molar-refractivity contribution in [3.05, 3.63) is 0 Å². The summed E-state index contributed by atoms with van der Waals surface area (Å²) in [5.74, 6) is -0.327. The van der Waals surface area contributed by atoms with E-state index in [0.29, 0.717) is 13.1 Å². The minimum absolute atomic E-state index is 0. The van der Waals surface area contributed by atoms with Gasteiger partial charge in [-0.15, -0.1) is 12.4 Å². The molecule has 84 valence electrons. The summed E-state index contributed by atoms with van der Waals surface area (Å²) in [6, 6.07) is -0.282. The average Bonchev–Trinajstić information content (AvgIpc) is 2.51. The van der Waals surface area contributed by atoms with E-state index in [4.69, 9.17) is 5.11 Å². The second-order valence-electron chi connectivity index (χ2n) is 3.92. The molecule has 0 amide bonds. The lowest BCUT2D eigenvalue weighted by molar-refractivity contribution is 0.00494. The molecule has 6 heteroatoms. The summed E-state index contributed by atoms with van der Waals surface area (Å²) in [4.78, 5) is 1.83. The minimum atomic E-state index is -0.839. The zero-order valence-corrected chi connectivity index (χ0v) is 8.47. The fourth-order valence-corrected chi connectivity index (χ4v) is 2.47. The summed E-state index contributed by atoms with van der Waals surface area (Å²) in [6.45, 7) is 0.676. The summed E-state index contributed by atoms with van der Waals surface area (Å²) in [5.41, 5.74) is 0.